The molecule has 2 saturated heterocycles. The summed E-state index contributed by atoms with van der Waals surface area (Å²) in [6, 6.07) is -0.174. The lowest BCUT2D eigenvalue weighted by atomic mass is 9.99. The highest BCUT2D eigenvalue weighted by Gasteiger charge is 2.40. The number of amides is 2. The Bertz CT molecular complexity index is 425. The summed E-state index contributed by atoms with van der Waals surface area (Å²) in [5, 5.41) is 8.95. The molecule has 0 aliphatic carbocycles. The minimum atomic E-state index is -0.859. The quantitative estimate of drug-likeness (QED) is 0.735. The first-order valence-electron chi connectivity index (χ1n) is 6.78. The third kappa shape index (κ3) is 2.71. The van der Waals surface area contributed by atoms with Crippen LogP contribution in [0.25, 0.3) is 0 Å². The van der Waals surface area contributed by atoms with Crippen molar-refractivity contribution in [2.24, 2.45) is 17.8 Å². The topological polar surface area (TPSA) is 87.2 Å². The van der Waals surface area contributed by atoms with Crippen LogP contribution in [-0.2, 0) is 14.3 Å². The lowest BCUT2D eigenvalue weighted by Crippen LogP contribution is -2.41. The number of carboxylic acid groups (broad SMARTS) is 1. The highest BCUT2D eigenvalue weighted by atomic mass is 16.5. The largest absolute Gasteiger partial charge is 0.481 e. The van der Waals surface area contributed by atoms with Crippen molar-refractivity contribution in [1.82, 2.24) is 9.80 Å². The molecule has 2 amide bonds. The molecule has 0 saturated carbocycles. The molecule has 3 unspecified atom stereocenters. The van der Waals surface area contributed by atoms with Gasteiger partial charge in [0, 0.05) is 26.2 Å². The number of carbonyl (C=O) groups is 3. The summed E-state index contributed by atoms with van der Waals surface area (Å²) < 4.78 is 4.74. The number of hydrogen-bond acceptors (Lipinski definition) is 4. The van der Waals surface area contributed by atoms with Crippen molar-refractivity contribution < 1.29 is 24.2 Å². The van der Waals surface area contributed by atoms with Gasteiger partial charge >= 0.3 is 18.0 Å². The predicted octanol–water partition coefficient (Wildman–Crippen LogP) is 0.254. The second-order valence-corrected chi connectivity index (χ2v) is 5.56. The fourth-order valence-corrected chi connectivity index (χ4v) is 2.92. The summed E-state index contributed by atoms with van der Waals surface area (Å²) in [4.78, 5) is 38.0. The molecule has 0 aromatic heterocycles. The van der Waals surface area contributed by atoms with E-state index in [0.717, 1.165) is 0 Å². The van der Waals surface area contributed by atoms with Gasteiger partial charge in [-0.15, -0.1) is 0 Å². The number of hydrogen-bond donors (Lipinski definition) is 1. The maximum absolute atomic E-state index is 12.3. The minimum Gasteiger partial charge on any atom is -0.481 e. The molecule has 20 heavy (non-hydrogen) atoms. The minimum absolute atomic E-state index is 0.0595. The van der Waals surface area contributed by atoms with E-state index in [9.17, 15) is 14.4 Å². The van der Waals surface area contributed by atoms with Crippen LogP contribution in [0.1, 0.15) is 13.3 Å². The van der Waals surface area contributed by atoms with E-state index in [1.165, 1.54) is 7.11 Å². The van der Waals surface area contributed by atoms with E-state index in [1.807, 2.05) is 6.92 Å². The molecule has 2 rings (SSSR count). The summed E-state index contributed by atoms with van der Waals surface area (Å²) >= 11 is 0. The van der Waals surface area contributed by atoms with Crippen LogP contribution in [0.15, 0.2) is 0 Å². The number of carboxylic acids is 1. The molecule has 0 aromatic rings. The van der Waals surface area contributed by atoms with Gasteiger partial charge in [-0.25, -0.2) is 4.79 Å². The zero-order chi connectivity index (χ0) is 14.9. The van der Waals surface area contributed by atoms with Gasteiger partial charge in [-0.2, -0.15) is 0 Å². The summed E-state index contributed by atoms with van der Waals surface area (Å²) in [5.41, 5.74) is 0. The van der Waals surface area contributed by atoms with Gasteiger partial charge in [0.05, 0.1) is 18.9 Å². The molecule has 0 radical (unpaired) electrons. The van der Waals surface area contributed by atoms with Gasteiger partial charge in [-0.05, 0) is 12.3 Å². The van der Waals surface area contributed by atoms with Crippen LogP contribution in [-0.4, -0.2) is 66.2 Å². The van der Waals surface area contributed by atoms with Gasteiger partial charge in [-0.3, -0.25) is 9.59 Å². The van der Waals surface area contributed by atoms with E-state index >= 15 is 0 Å². The van der Waals surface area contributed by atoms with Crippen LogP contribution in [0.4, 0.5) is 4.79 Å². The van der Waals surface area contributed by atoms with Crippen molar-refractivity contribution in [1.29, 1.82) is 0 Å². The highest BCUT2D eigenvalue weighted by Crippen LogP contribution is 2.26. The molecule has 0 spiro atoms. The van der Waals surface area contributed by atoms with Crippen LogP contribution >= 0.6 is 0 Å². The average Bonchev–Trinajstić information content (AvgIpc) is 3.03. The molecule has 2 aliphatic heterocycles. The number of nitrogens with zero attached hydrogens (tertiary/aromatic N) is 2. The Kier molecular flexibility index (Phi) is 4.15. The number of ether oxygens (including phenoxy) is 1. The van der Waals surface area contributed by atoms with Crippen molar-refractivity contribution in [2.75, 3.05) is 33.3 Å². The van der Waals surface area contributed by atoms with E-state index in [0.29, 0.717) is 26.1 Å². The SMILES string of the molecule is COC(=O)C1CN(C(=O)N2CCC(C(=O)O)C2)CC1C. The van der Waals surface area contributed by atoms with E-state index < -0.39 is 11.9 Å². The fraction of sp³-hybridized carbons (Fsp3) is 0.769. The second-order valence-electron chi connectivity index (χ2n) is 5.56. The Morgan fingerprint density at radius 3 is 2.40 bits per heavy atom. The maximum atomic E-state index is 12.3. The van der Waals surface area contributed by atoms with Gasteiger partial charge < -0.3 is 19.6 Å². The number of esters is 1. The fourth-order valence-electron chi connectivity index (χ4n) is 2.92. The molecule has 112 valence electrons. The first-order chi connectivity index (χ1) is 9.43. The molecule has 1 N–H and O–H groups in total. The zero-order valence-electron chi connectivity index (χ0n) is 11.7. The predicted molar refractivity (Wildman–Crippen MR) is 69.0 cm³/mol. The maximum Gasteiger partial charge on any atom is 0.320 e. The molecule has 7 heteroatoms. The molecular weight excluding hydrogens is 264 g/mol. The molecular formula is C13H20N2O5. The lowest BCUT2D eigenvalue weighted by Gasteiger charge is -2.24. The van der Waals surface area contributed by atoms with E-state index in [-0.39, 0.29) is 30.4 Å². The summed E-state index contributed by atoms with van der Waals surface area (Å²) in [7, 11) is 1.34. The normalized spacial score (nSPS) is 29.6. The summed E-state index contributed by atoms with van der Waals surface area (Å²) in [6.45, 7) is 3.48. The van der Waals surface area contributed by atoms with Gasteiger partial charge in [-0.1, -0.05) is 6.92 Å². The Labute approximate surface area is 117 Å². The number of methoxy groups -OCH3 is 1. The Hall–Kier alpha value is -1.79. The Balaban J connectivity index is 1.95. The van der Waals surface area contributed by atoms with Crippen LogP contribution in [0.2, 0.25) is 0 Å². The van der Waals surface area contributed by atoms with E-state index in [1.54, 1.807) is 9.80 Å². The molecule has 3 atom stereocenters. The smallest absolute Gasteiger partial charge is 0.320 e. The first kappa shape index (κ1) is 14.6. The third-order valence-corrected chi connectivity index (χ3v) is 4.19. The van der Waals surface area contributed by atoms with E-state index in [4.69, 9.17) is 9.84 Å². The summed E-state index contributed by atoms with van der Waals surface area (Å²) in [6.07, 6.45) is 0.491. The molecule has 2 fully saturated rings. The standard InChI is InChI=1S/C13H20N2O5/c1-8-5-15(7-10(8)12(18)20-2)13(19)14-4-3-9(6-14)11(16)17/h8-10H,3-7H2,1-2H3,(H,16,17). The monoisotopic (exact) mass is 284 g/mol. The molecule has 0 aromatic carbocycles. The van der Waals surface area contributed by atoms with Crippen LogP contribution in [0, 0.1) is 17.8 Å². The van der Waals surface area contributed by atoms with Crippen molar-refractivity contribution in [3.63, 3.8) is 0 Å². The van der Waals surface area contributed by atoms with E-state index in [2.05, 4.69) is 0 Å². The van der Waals surface area contributed by atoms with Gasteiger partial charge in [0.15, 0.2) is 0 Å². The molecule has 2 aliphatic rings. The van der Waals surface area contributed by atoms with Gasteiger partial charge in [0.25, 0.3) is 0 Å². The van der Waals surface area contributed by atoms with Crippen molar-refractivity contribution in [2.45, 2.75) is 13.3 Å². The highest BCUT2D eigenvalue weighted by molar-refractivity contribution is 5.80. The van der Waals surface area contributed by atoms with Crippen LogP contribution < -0.4 is 0 Å². The van der Waals surface area contributed by atoms with Crippen molar-refractivity contribution in [3.8, 4) is 0 Å². The molecule has 0 bridgehead atoms. The number of rotatable bonds is 2. The Morgan fingerprint density at radius 2 is 1.85 bits per heavy atom. The average molecular weight is 284 g/mol. The number of likely N-dealkylation sites (tertiary alicyclic amines) is 2. The zero-order valence-corrected chi connectivity index (χ0v) is 11.7. The number of urea groups is 1. The van der Waals surface area contributed by atoms with Crippen molar-refractivity contribution >= 4 is 18.0 Å². The van der Waals surface area contributed by atoms with Crippen LogP contribution in [0.5, 0.6) is 0 Å². The van der Waals surface area contributed by atoms with Gasteiger partial charge in [0.1, 0.15) is 0 Å². The van der Waals surface area contributed by atoms with Gasteiger partial charge in [0.2, 0.25) is 0 Å². The number of carbonyl (C=O) groups excluding carboxylic acids is 2. The summed E-state index contributed by atoms with van der Waals surface area (Å²) in [5.74, 6) is -1.86. The first-order valence-corrected chi connectivity index (χ1v) is 6.78. The second kappa shape index (κ2) is 5.68. The Morgan fingerprint density at radius 1 is 1.15 bits per heavy atom. The van der Waals surface area contributed by atoms with Crippen molar-refractivity contribution in [3.05, 3.63) is 0 Å². The molecule has 7 nitrogen and oxygen atoms in total. The van der Waals surface area contributed by atoms with Crippen LogP contribution in [0.3, 0.4) is 0 Å². The third-order valence-electron chi connectivity index (χ3n) is 4.19. The number of aliphatic carboxylic acids is 1. The molecule has 2 heterocycles. The lowest BCUT2D eigenvalue weighted by molar-refractivity contribution is -0.146.